The van der Waals surface area contributed by atoms with E-state index in [1.165, 1.54) is 0 Å². The van der Waals surface area contributed by atoms with Crippen LogP contribution >= 0.6 is 0 Å². The number of hydrogen-bond acceptors (Lipinski definition) is 3. The van der Waals surface area contributed by atoms with Crippen LogP contribution in [0.15, 0.2) is 0 Å². The largest absolute Gasteiger partial charge is 0.392 e. The minimum absolute atomic E-state index is 0.176. The van der Waals surface area contributed by atoms with Crippen molar-refractivity contribution >= 4 is 0 Å². The van der Waals surface area contributed by atoms with Crippen LogP contribution in [0, 0.1) is 0 Å². The van der Waals surface area contributed by atoms with E-state index in [9.17, 15) is 5.11 Å². The van der Waals surface area contributed by atoms with Gasteiger partial charge >= 0.3 is 0 Å². The Morgan fingerprint density at radius 2 is 2.15 bits per heavy atom. The fraction of sp³-hybridized carbons (Fsp3) is 1.00. The molecule has 1 rings (SSSR count). The van der Waals surface area contributed by atoms with Crippen LogP contribution in [0.4, 0.5) is 0 Å². The van der Waals surface area contributed by atoms with Gasteiger partial charge in [0.15, 0.2) is 0 Å². The summed E-state index contributed by atoms with van der Waals surface area (Å²) in [4.78, 5) is 0. The zero-order valence-electron chi connectivity index (χ0n) is 8.79. The molecule has 0 spiro atoms. The first-order valence-electron chi connectivity index (χ1n) is 5.15. The van der Waals surface area contributed by atoms with Gasteiger partial charge in [-0.05, 0) is 33.6 Å². The van der Waals surface area contributed by atoms with Gasteiger partial charge in [-0.2, -0.15) is 0 Å². The van der Waals surface area contributed by atoms with E-state index in [0.717, 1.165) is 19.4 Å². The van der Waals surface area contributed by atoms with Gasteiger partial charge in [0.05, 0.1) is 12.2 Å². The van der Waals surface area contributed by atoms with Gasteiger partial charge in [0.25, 0.3) is 0 Å². The molecule has 0 saturated carbocycles. The van der Waals surface area contributed by atoms with E-state index in [4.69, 9.17) is 4.74 Å². The zero-order chi connectivity index (χ0) is 9.84. The number of rotatable bonds is 3. The Morgan fingerprint density at radius 3 is 2.69 bits per heavy atom. The molecule has 1 aliphatic rings. The number of hydrogen-bond donors (Lipinski definition) is 2. The average molecular weight is 187 g/mol. The Labute approximate surface area is 80.5 Å². The lowest BCUT2D eigenvalue weighted by molar-refractivity contribution is 0.00759. The molecule has 4 unspecified atom stereocenters. The van der Waals surface area contributed by atoms with Crippen molar-refractivity contribution in [2.24, 2.45) is 0 Å². The topological polar surface area (TPSA) is 41.5 Å². The Balaban J connectivity index is 2.27. The van der Waals surface area contributed by atoms with Gasteiger partial charge < -0.3 is 15.2 Å². The highest BCUT2D eigenvalue weighted by atomic mass is 16.5. The molecular weight excluding hydrogens is 166 g/mol. The SMILES string of the molecule is CC1CC(NC(C)C(C)O)CCO1. The van der Waals surface area contributed by atoms with Crippen LogP contribution in [0.2, 0.25) is 0 Å². The van der Waals surface area contributed by atoms with Gasteiger partial charge in [-0.15, -0.1) is 0 Å². The average Bonchev–Trinajstić information content (AvgIpc) is 2.04. The molecule has 3 nitrogen and oxygen atoms in total. The third-order valence-electron chi connectivity index (χ3n) is 2.71. The second-order valence-electron chi connectivity index (χ2n) is 4.10. The predicted molar refractivity (Wildman–Crippen MR) is 52.7 cm³/mol. The van der Waals surface area contributed by atoms with Crippen LogP contribution in [0.5, 0.6) is 0 Å². The molecule has 1 aliphatic heterocycles. The van der Waals surface area contributed by atoms with Crippen LogP contribution in [-0.4, -0.2) is 36.0 Å². The number of aliphatic hydroxyl groups is 1. The van der Waals surface area contributed by atoms with Crippen molar-refractivity contribution in [1.82, 2.24) is 5.32 Å². The molecule has 0 amide bonds. The Bertz CT molecular complexity index is 150. The molecule has 0 bridgehead atoms. The maximum absolute atomic E-state index is 9.32. The molecule has 78 valence electrons. The Hall–Kier alpha value is -0.120. The zero-order valence-corrected chi connectivity index (χ0v) is 8.79. The summed E-state index contributed by atoms with van der Waals surface area (Å²) in [5.41, 5.74) is 0. The molecule has 1 fully saturated rings. The van der Waals surface area contributed by atoms with Crippen LogP contribution < -0.4 is 5.32 Å². The van der Waals surface area contributed by atoms with E-state index < -0.39 is 0 Å². The second-order valence-corrected chi connectivity index (χ2v) is 4.10. The van der Waals surface area contributed by atoms with Crippen LogP contribution in [0.1, 0.15) is 33.6 Å². The van der Waals surface area contributed by atoms with Gasteiger partial charge in [0.2, 0.25) is 0 Å². The molecular formula is C10H21NO2. The molecule has 0 aromatic rings. The fourth-order valence-electron chi connectivity index (χ4n) is 1.66. The van der Waals surface area contributed by atoms with E-state index in [-0.39, 0.29) is 12.1 Å². The quantitative estimate of drug-likeness (QED) is 0.690. The van der Waals surface area contributed by atoms with Crippen molar-refractivity contribution in [1.29, 1.82) is 0 Å². The molecule has 0 aliphatic carbocycles. The first kappa shape index (κ1) is 11.0. The van der Waals surface area contributed by atoms with Gasteiger partial charge in [0.1, 0.15) is 0 Å². The molecule has 13 heavy (non-hydrogen) atoms. The van der Waals surface area contributed by atoms with Crippen molar-refractivity contribution in [3.8, 4) is 0 Å². The van der Waals surface area contributed by atoms with E-state index in [1.54, 1.807) is 0 Å². The minimum Gasteiger partial charge on any atom is -0.392 e. The van der Waals surface area contributed by atoms with Crippen LogP contribution in [0.25, 0.3) is 0 Å². The first-order chi connectivity index (χ1) is 6.09. The predicted octanol–water partition coefficient (Wildman–Crippen LogP) is 0.913. The normalized spacial score (nSPS) is 34.2. The molecule has 0 aromatic heterocycles. The molecule has 0 aromatic carbocycles. The summed E-state index contributed by atoms with van der Waals surface area (Å²) in [7, 11) is 0. The van der Waals surface area contributed by atoms with Crippen LogP contribution in [-0.2, 0) is 4.74 Å². The third kappa shape index (κ3) is 3.63. The van der Waals surface area contributed by atoms with Crippen molar-refractivity contribution < 1.29 is 9.84 Å². The molecule has 1 saturated heterocycles. The van der Waals surface area contributed by atoms with E-state index in [1.807, 2.05) is 13.8 Å². The first-order valence-corrected chi connectivity index (χ1v) is 5.15. The highest BCUT2D eigenvalue weighted by Crippen LogP contribution is 2.14. The maximum Gasteiger partial charge on any atom is 0.0662 e. The Morgan fingerprint density at radius 1 is 1.46 bits per heavy atom. The summed E-state index contributed by atoms with van der Waals surface area (Å²) >= 11 is 0. The lowest BCUT2D eigenvalue weighted by Crippen LogP contribution is -2.46. The number of aliphatic hydroxyl groups excluding tert-OH is 1. The van der Waals surface area contributed by atoms with Gasteiger partial charge in [0, 0.05) is 18.7 Å². The third-order valence-corrected chi connectivity index (χ3v) is 2.71. The molecule has 2 N–H and O–H groups in total. The second kappa shape index (κ2) is 4.94. The van der Waals surface area contributed by atoms with Gasteiger partial charge in [-0.1, -0.05) is 0 Å². The highest BCUT2D eigenvalue weighted by molar-refractivity contribution is 4.79. The highest BCUT2D eigenvalue weighted by Gasteiger charge is 2.21. The smallest absolute Gasteiger partial charge is 0.0662 e. The van der Waals surface area contributed by atoms with Gasteiger partial charge in [-0.3, -0.25) is 0 Å². The summed E-state index contributed by atoms with van der Waals surface area (Å²) in [5.74, 6) is 0. The van der Waals surface area contributed by atoms with E-state index in [2.05, 4.69) is 12.2 Å². The summed E-state index contributed by atoms with van der Waals surface area (Å²) in [6.07, 6.45) is 2.18. The number of nitrogens with one attached hydrogen (secondary N) is 1. The molecule has 0 radical (unpaired) electrons. The lowest BCUT2D eigenvalue weighted by Gasteiger charge is -2.31. The molecule has 3 heteroatoms. The molecule has 1 heterocycles. The summed E-state index contributed by atoms with van der Waals surface area (Å²) in [5, 5.41) is 12.7. The fourth-order valence-corrected chi connectivity index (χ4v) is 1.66. The van der Waals surface area contributed by atoms with E-state index in [0.29, 0.717) is 12.1 Å². The lowest BCUT2D eigenvalue weighted by atomic mass is 10.0. The van der Waals surface area contributed by atoms with Gasteiger partial charge in [-0.25, -0.2) is 0 Å². The summed E-state index contributed by atoms with van der Waals surface area (Å²) in [6, 6.07) is 0.684. The molecule has 4 atom stereocenters. The minimum atomic E-state index is -0.279. The van der Waals surface area contributed by atoms with Crippen LogP contribution in [0.3, 0.4) is 0 Å². The standard InChI is InChI=1S/C10H21NO2/c1-7-6-10(4-5-13-7)11-8(2)9(3)12/h7-12H,4-6H2,1-3H3. The summed E-state index contributed by atoms with van der Waals surface area (Å²) in [6.45, 7) is 6.78. The van der Waals surface area contributed by atoms with Crippen molar-refractivity contribution in [2.75, 3.05) is 6.61 Å². The summed E-state index contributed by atoms with van der Waals surface area (Å²) < 4.78 is 5.45. The maximum atomic E-state index is 9.32. The Kier molecular flexibility index (Phi) is 4.16. The van der Waals surface area contributed by atoms with Crippen molar-refractivity contribution in [2.45, 2.75) is 57.9 Å². The van der Waals surface area contributed by atoms with Crippen molar-refractivity contribution in [3.05, 3.63) is 0 Å². The monoisotopic (exact) mass is 187 g/mol. The van der Waals surface area contributed by atoms with E-state index >= 15 is 0 Å². The van der Waals surface area contributed by atoms with Crippen molar-refractivity contribution in [3.63, 3.8) is 0 Å². The number of ether oxygens (including phenoxy) is 1.